The monoisotopic (exact) mass is 206 g/mol. The molecule has 0 aromatic rings. The predicted molar refractivity (Wildman–Crippen MR) is 49.7 cm³/mol. The average Bonchev–Trinajstić information content (AvgIpc) is 2.04. The molecule has 0 aliphatic heterocycles. The zero-order valence-corrected chi connectivity index (χ0v) is 11.7. The minimum Gasteiger partial charge on any atom is -0.346 e. The van der Waals surface area contributed by atoms with Crippen molar-refractivity contribution in [1.82, 2.24) is 0 Å². The van der Waals surface area contributed by atoms with Gasteiger partial charge in [-0.2, -0.15) is 19.8 Å². The standard InChI is InChI=1S/C8H17.C2H5.Zn/c1-4-6-7-8(3)5-2;1-2;/h5,8H,4,6-7H2,1-3H3;1H2,2H3;/q2*-1;+2. The van der Waals surface area contributed by atoms with Crippen LogP contribution in [-0.2, 0) is 19.5 Å². The van der Waals surface area contributed by atoms with Crippen molar-refractivity contribution in [1.29, 1.82) is 0 Å². The number of hydrogen-bond acceptors (Lipinski definition) is 0. The van der Waals surface area contributed by atoms with Crippen LogP contribution < -0.4 is 0 Å². The molecule has 0 amide bonds. The molecule has 0 aliphatic carbocycles. The second kappa shape index (κ2) is 16.9. The first kappa shape index (κ1) is 17.6. The summed E-state index contributed by atoms with van der Waals surface area (Å²) in [5.41, 5.74) is 0. The van der Waals surface area contributed by atoms with Gasteiger partial charge in [0.1, 0.15) is 0 Å². The summed E-state index contributed by atoms with van der Waals surface area (Å²) in [6.07, 6.45) is 6.35. The van der Waals surface area contributed by atoms with Crippen LogP contribution in [0.15, 0.2) is 0 Å². The van der Waals surface area contributed by atoms with Crippen LogP contribution in [-0.4, -0.2) is 0 Å². The summed E-state index contributed by atoms with van der Waals surface area (Å²) in [5, 5.41) is 0. The van der Waals surface area contributed by atoms with E-state index in [0.717, 1.165) is 5.92 Å². The van der Waals surface area contributed by atoms with Crippen molar-refractivity contribution in [3.63, 3.8) is 0 Å². The summed E-state index contributed by atoms with van der Waals surface area (Å²) in [5.74, 6) is 0.829. The molecule has 11 heavy (non-hydrogen) atoms. The fourth-order valence-corrected chi connectivity index (χ4v) is 0.693. The van der Waals surface area contributed by atoms with Gasteiger partial charge < -0.3 is 13.3 Å². The Morgan fingerprint density at radius 3 is 2.09 bits per heavy atom. The first-order valence-corrected chi connectivity index (χ1v) is 4.31. The average molecular weight is 208 g/mol. The Bertz CT molecular complexity index is 44.1. The van der Waals surface area contributed by atoms with Gasteiger partial charge in [-0.05, 0) is 0 Å². The van der Waals surface area contributed by atoms with E-state index in [1.807, 2.05) is 0 Å². The minimum atomic E-state index is 0. The normalized spacial score (nSPS) is 10.6. The van der Waals surface area contributed by atoms with Gasteiger partial charge in [-0.3, -0.25) is 0 Å². The Kier molecular flexibility index (Phi) is 27.1. The smallest absolute Gasteiger partial charge is 0.346 e. The van der Waals surface area contributed by atoms with Crippen molar-refractivity contribution < 1.29 is 19.5 Å². The topological polar surface area (TPSA) is 0 Å². The zero-order chi connectivity index (χ0) is 8.41. The Balaban J connectivity index is -0.000000196. The third-order valence-electron chi connectivity index (χ3n) is 1.58. The Labute approximate surface area is 85.9 Å². The van der Waals surface area contributed by atoms with E-state index in [2.05, 4.69) is 34.1 Å². The summed E-state index contributed by atoms with van der Waals surface area (Å²) in [7, 11) is 0. The van der Waals surface area contributed by atoms with Crippen LogP contribution in [0.2, 0.25) is 0 Å². The zero-order valence-electron chi connectivity index (χ0n) is 8.69. The van der Waals surface area contributed by atoms with Gasteiger partial charge >= 0.3 is 19.5 Å². The van der Waals surface area contributed by atoms with E-state index in [9.17, 15) is 0 Å². The molecule has 0 aromatic carbocycles. The molecule has 1 heteroatoms. The number of unbranched alkanes of at least 4 members (excludes halogenated alkanes) is 1. The molecule has 0 nitrogen and oxygen atoms in total. The SMILES string of the molecule is C[CH-]C(C)CCCC.[CH2-]C.[Zn+2]. The molecular weight excluding hydrogens is 185 g/mol. The van der Waals surface area contributed by atoms with E-state index in [1.54, 1.807) is 6.92 Å². The largest absolute Gasteiger partial charge is 2.00 e. The number of rotatable bonds is 4. The number of hydrogen-bond donors (Lipinski definition) is 0. The molecule has 0 heterocycles. The van der Waals surface area contributed by atoms with Gasteiger partial charge in [-0.15, -0.1) is 0 Å². The fourth-order valence-electron chi connectivity index (χ4n) is 0.693. The maximum atomic E-state index is 3.25. The van der Waals surface area contributed by atoms with Crippen molar-refractivity contribution in [3.05, 3.63) is 13.3 Å². The molecule has 0 N–H and O–H groups in total. The van der Waals surface area contributed by atoms with Crippen molar-refractivity contribution in [3.8, 4) is 0 Å². The summed E-state index contributed by atoms with van der Waals surface area (Å²) in [6, 6.07) is 0. The first-order valence-electron chi connectivity index (χ1n) is 4.31. The van der Waals surface area contributed by atoms with Crippen molar-refractivity contribution >= 4 is 0 Å². The van der Waals surface area contributed by atoms with Crippen LogP contribution in [0.3, 0.4) is 0 Å². The predicted octanol–water partition coefficient (Wildman–Crippen LogP) is 3.87. The van der Waals surface area contributed by atoms with E-state index in [4.69, 9.17) is 0 Å². The van der Waals surface area contributed by atoms with E-state index in [0.29, 0.717) is 0 Å². The Morgan fingerprint density at radius 2 is 1.82 bits per heavy atom. The molecule has 0 rings (SSSR count). The van der Waals surface area contributed by atoms with Crippen molar-refractivity contribution in [2.75, 3.05) is 0 Å². The third kappa shape index (κ3) is 18.0. The van der Waals surface area contributed by atoms with Crippen LogP contribution in [0, 0.1) is 19.3 Å². The Morgan fingerprint density at radius 1 is 1.36 bits per heavy atom. The molecule has 0 aliphatic rings. The summed E-state index contributed by atoms with van der Waals surface area (Å²) in [4.78, 5) is 0. The van der Waals surface area contributed by atoms with Crippen LogP contribution in [0.1, 0.15) is 47.0 Å². The minimum absolute atomic E-state index is 0. The maximum Gasteiger partial charge on any atom is 2.00 e. The van der Waals surface area contributed by atoms with Crippen LogP contribution in [0.25, 0.3) is 0 Å². The van der Waals surface area contributed by atoms with Gasteiger partial charge in [-0.1, -0.05) is 33.1 Å². The quantitative estimate of drug-likeness (QED) is 0.485. The second-order valence-electron chi connectivity index (χ2n) is 2.45. The van der Waals surface area contributed by atoms with Gasteiger partial charge in [0, 0.05) is 0 Å². The molecule has 0 radical (unpaired) electrons. The molecule has 1 unspecified atom stereocenters. The van der Waals surface area contributed by atoms with Crippen LogP contribution >= 0.6 is 0 Å². The third-order valence-corrected chi connectivity index (χ3v) is 1.58. The summed E-state index contributed by atoms with van der Waals surface area (Å²) < 4.78 is 0. The summed E-state index contributed by atoms with van der Waals surface area (Å²) in [6.45, 7) is 11.7. The molecule has 64 valence electrons. The molecular formula is C10H22Zn. The van der Waals surface area contributed by atoms with E-state index in [1.165, 1.54) is 19.3 Å². The van der Waals surface area contributed by atoms with Gasteiger partial charge in [0.25, 0.3) is 0 Å². The van der Waals surface area contributed by atoms with Crippen molar-refractivity contribution in [2.24, 2.45) is 5.92 Å². The maximum absolute atomic E-state index is 3.25. The van der Waals surface area contributed by atoms with E-state index < -0.39 is 0 Å². The second-order valence-corrected chi connectivity index (χ2v) is 2.45. The molecule has 0 saturated carbocycles. The molecule has 1 atom stereocenters. The van der Waals surface area contributed by atoms with Gasteiger partial charge in [-0.25, -0.2) is 0 Å². The van der Waals surface area contributed by atoms with Crippen LogP contribution in [0.4, 0.5) is 0 Å². The fraction of sp³-hybridized carbons (Fsp3) is 0.800. The molecule has 0 spiro atoms. The van der Waals surface area contributed by atoms with E-state index >= 15 is 0 Å². The molecule has 0 saturated heterocycles. The molecule has 0 aromatic heterocycles. The molecule has 0 fully saturated rings. The first-order chi connectivity index (χ1) is 4.81. The van der Waals surface area contributed by atoms with E-state index in [-0.39, 0.29) is 19.5 Å². The van der Waals surface area contributed by atoms with Crippen LogP contribution in [0.5, 0.6) is 0 Å². The molecule has 0 bridgehead atoms. The summed E-state index contributed by atoms with van der Waals surface area (Å²) >= 11 is 0. The van der Waals surface area contributed by atoms with Gasteiger partial charge in [0.2, 0.25) is 0 Å². The van der Waals surface area contributed by atoms with Gasteiger partial charge in [0.15, 0.2) is 0 Å². The van der Waals surface area contributed by atoms with Gasteiger partial charge in [0.05, 0.1) is 0 Å². The Hall–Kier alpha value is 0.623. The van der Waals surface area contributed by atoms with Crippen molar-refractivity contribution in [2.45, 2.75) is 47.0 Å².